The van der Waals surface area contributed by atoms with Crippen molar-refractivity contribution in [2.24, 2.45) is 0 Å². The van der Waals surface area contributed by atoms with Gasteiger partial charge in [-0.25, -0.2) is 4.98 Å². The predicted molar refractivity (Wildman–Crippen MR) is 94.8 cm³/mol. The summed E-state index contributed by atoms with van der Waals surface area (Å²) in [6.45, 7) is 2.50. The van der Waals surface area contributed by atoms with Crippen molar-refractivity contribution in [2.75, 3.05) is 39.0 Å². The average Bonchev–Trinajstić information content (AvgIpc) is 2.56. The fraction of sp³-hybridized carbons (Fsp3) is 0.556. The van der Waals surface area contributed by atoms with Gasteiger partial charge in [-0.2, -0.15) is 0 Å². The summed E-state index contributed by atoms with van der Waals surface area (Å²) < 4.78 is 0. The van der Waals surface area contributed by atoms with E-state index in [0.717, 1.165) is 25.2 Å². The molecule has 0 saturated carbocycles. The van der Waals surface area contributed by atoms with Gasteiger partial charge in [-0.15, -0.1) is 0 Å². The Morgan fingerprint density at radius 3 is 2.78 bits per heavy atom. The number of carbonyl (C=O) groups is 1. The number of pyridine rings is 1. The summed E-state index contributed by atoms with van der Waals surface area (Å²) >= 11 is 0. The molecule has 0 spiro atoms. The molecule has 0 atom stereocenters. The van der Waals surface area contributed by atoms with E-state index in [0.29, 0.717) is 12.2 Å². The highest BCUT2D eigenvalue weighted by atomic mass is 16.1. The lowest BCUT2D eigenvalue weighted by atomic mass is 9.97. The molecule has 0 fully saturated rings. The van der Waals surface area contributed by atoms with Crippen LogP contribution in [-0.2, 0) is 0 Å². The summed E-state index contributed by atoms with van der Waals surface area (Å²) in [5.41, 5.74) is 2.89. The van der Waals surface area contributed by atoms with Crippen LogP contribution in [0.5, 0.6) is 0 Å². The van der Waals surface area contributed by atoms with Crippen LogP contribution in [0.4, 0.5) is 5.69 Å². The Hall–Kier alpha value is -1.88. The van der Waals surface area contributed by atoms with Gasteiger partial charge in [0.25, 0.3) is 5.91 Å². The lowest BCUT2D eigenvalue weighted by molar-refractivity contribution is 0.0949. The molecule has 2 rings (SSSR count). The van der Waals surface area contributed by atoms with Crippen LogP contribution in [0.25, 0.3) is 0 Å². The second-order valence-electron chi connectivity index (χ2n) is 6.28. The Labute approximate surface area is 139 Å². The molecule has 1 aromatic heterocycles. The first-order valence-corrected chi connectivity index (χ1v) is 8.46. The number of anilines is 1. The van der Waals surface area contributed by atoms with Gasteiger partial charge in [0.2, 0.25) is 0 Å². The Morgan fingerprint density at radius 2 is 2.13 bits per heavy atom. The van der Waals surface area contributed by atoms with E-state index in [4.69, 9.17) is 0 Å². The molecular weight excluding hydrogens is 288 g/mol. The van der Waals surface area contributed by atoms with Crippen LogP contribution in [0.3, 0.4) is 0 Å². The number of amides is 1. The summed E-state index contributed by atoms with van der Waals surface area (Å²) in [5.74, 6) is -0.0961. The highest BCUT2D eigenvalue weighted by Crippen LogP contribution is 2.19. The molecule has 0 bridgehead atoms. The molecule has 0 aromatic carbocycles. The molecule has 0 unspecified atom stereocenters. The highest BCUT2D eigenvalue weighted by molar-refractivity contribution is 5.92. The molecule has 2 N–H and O–H groups in total. The van der Waals surface area contributed by atoms with E-state index in [1.54, 1.807) is 12.3 Å². The Morgan fingerprint density at radius 1 is 1.26 bits per heavy atom. The summed E-state index contributed by atoms with van der Waals surface area (Å²) in [5, 5.41) is 6.24. The molecule has 126 valence electrons. The molecule has 1 aromatic rings. The summed E-state index contributed by atoms with van der Waals surface area (Å²) in [6, 6.07) is 3.68. The normalized spacial score (nSPS) is 14.5. The van der Waals surface area contributed by atoms with Gasteiger partial charge in [-0.05, 0) is 58.3 Å². The second kappa shape index (κ2) is 9.30. The van der Waals surface area contributed by atoms with Crippen LogP contribution >= 0.6 is 0 Å². The van der Waals surface area contributed by atoms with Gasteiger partial charge in [0.1, 0.15) is 5.69 Å². The van der Waals surface area contributed by atoms with Gasteiger partial charge in [0.05, 0.1) is 11.9 Å². The van der Waals surface area contributed by atoms with Gasteiger partial charge in [-0.1, -0.05) is 11.6 Å². The number of rotatable bonds is 8. The number of allylic oxidation sites excluding steroid dienone is 1. The average molecular weight is 316 g/mol. The van der Waals surface area contributed by atoms with Gasteiger partial charge >= 0.3 is 0 Å². The van der Waals surface area contributed by atoms with Crippen molar-refractivity contribution in [3.8, 4) is 0 Å². The third kappa shape index (κ3) is 6.40. The van der Waals surface area contributed by atoms with Crippen LogP contribution in [0.2, 0.25) is 0 Å². The van der Waals surface area contributed by atoms with Crippen molar-refractivity contribution in [1.29, 1.82) is 0 Å². The third-order valence-electron chi connectivity index (χ3n) is 4.00. The van der Waals surface area contributed by atoms with E-state index in [-0.39, 0.29) is 5.91 Å². The maximum atomic E-state index is 12.1. The zero-order chi connectivity index (χ0) is 16.5. The first kappa shape index (κ1) is 17.5. The minimum absolute atomic E-state index is 0.0961. The van der Waals surface area contributed by atoms with Crippen molar-refractivity contribution >= 4 is 11.6 Å². The minimum atomic E-state index is -0.0961. The standard InChI is InChI=1S/C18H28N4O/c1-22(2)13-12-19-16-8-9-17(21-14-16)18(23)20-11-10-15-6-4-3-5-7-15/h6,8-9,14,19H,3-5,7,10-13H2,1-2H3,(H,20,23). The molecule has 0 saturated heterocycles. The van der Waals surface area contributed by atoms with Crippen molar-refractivity contribution in [3.63, 3.8) is 0 Å². The quantitative estimate of drug-likeness (QED) is 0.724. The zero-order valence-electron chi connectivity index (χ0n) is 14.3. The van der Waals surface area contributed by atoms with Crippen molar-refractivity contribution < 1.29 is 4.79 Å². The predicted octanol–water partition coefficient (Wildman–Crippen LogP) is 2.68. The molecule has 5 heteroatoms. The van der Waals surface area contributed by atoms with Gasteiger partial charge in [-0.3, -0.25) is 4.79 Å². The number of hydrogen-bond acceptors (Lipinski definition) is 4. The lowest BCUT2D eigenvalue weighted by Crippen LogP contribution is -2.26. The second-order valence-corrected chi connectivity index (χ2v) is 6.28. The van der Waals surface area contributed by atoms with E-state index in [1.807, 2.05) is 20.2 Å². The number of nitrogens with zero attached hydrogens (tertiary/aromatic N) is 2. The highest BCUT2D eigenvalue weighted by Gasteiger charge is 2.08. The Bertz CT molecular complexity index is 522. The molecule has 1 heterocycles. The van der Waals surface area contributed by atoms with E-state index in [2.05, 4.69) is 26.6 Å². The number of likely N-dealkylation sites (N-methyl/N-ethyl adjacent to an activating group) is 1. The van der Waals surface area contributed by atoms with E-state index < -0.39 is 0 Å². The van der Waals surface area contributed by atoms with Gasteiger partial charge in [0, 0.05) is 19.6 Å². The third-order valence-corrected chi connectivity index (χ3v) is 4.00. The fourth-order valence-corrected chi connectivity index (χ4v) is 2.62. The fourth-order valence-electron chi connectivity index (χ4n) is 2.62. The van der Waals surface area contributed by atoms with E-state index in [9.17, 15) is 4.79 Å². The van der Waals surface area contributed by atoms with Crippen LogP contribution < -0.4 is 10.6 Å². The van der Waals surface area contributed by atoms with Crippen LogP contribution in [-0.4, -0.2) is 49.5 Å². The maximum absolute atomic E-state index is 12.1. The molecule has 1 amide bonds. The molecule has 1 aliphatic carbocycles. The Balaban J connectivity index is 1.72. The van der Waals surface area contributed by atoms with E-state index >= 15 is 0 Å². The first-order chi connectivity index (χ1) is 11.1. The summed E-state index contributed by atoms with van der Waals surface area (Å²) in [7, 11) is 4.08. The summed E-state index contributed by atoms with van der Waals surface area (Å²) in [4.78, 5) is 18.4. The van der Waals surface area contributed by atoms with Crippen molar-refractivity contribution in [1.82, 2.24) is 15.2 Å². The van der Waals surface area contributed by atoms with Crippen LogP contribution in [0.1, 0.15) is 42.6 Å². The van der Waals surface area contributed by atoms with E-state index in [1.165, 1.54) is 31.3 Å². The molecule has 23 heavy (non-hydrogen) atoms. The molecule has 5 nitrogen and oxygen atoms in total. The molecule has 1 aliphatic rings. The smallest absolute Gasteiger partial charge is 0.269 e. The van der Waals surface area contributed by atoms with Gasteiger partial charge < -0.3 is 15.5 Å². The van der Waals surface area contributed by atoms with Crippen molar-refractivity contribution in [2.45, 2.75) is 32.1 Å². The number of carbonyl (C=O) groups excluding carboxylic acids is 1. The minimum Gasteiger partial charge on any atom is -0.383 e. The summed E-state index contributed by atoms with van der Waals surface area (Å²) in [6.07, 6.45) is 9.94. The topological polar surface area (TPSA) is 57.3 Å². The first-order valence-electron chi connectivity index (χ1n) is 8.46. The van der Waals surface area contributed by atoms with Crippen LogP contribution in [0, 0.1) is 0 Å². The largest absolute Gasteiger partial charge is 0.383 e. The zero-order valence-corrected chi connectivity index (χ0v) is 14.3. The monoisotopic (exact) mass is 316 g/mol. The SMILES string of the molecule is CN(C)CCNc1ccc(C(=O)NCCC2=CCCCC2)nc1. The lowest BCUT2D eigenvalue weighted by Gasteiger charge is -2.13. The molecule has 0 radical (unpaired) electrons. The number of nitrogens with one attached hydrogen (secondary N) is 2. The van der Waals surface area contributed by atoms with Crippen molar-refractivity contribution in [3.05, 3.63) is 35.7 Å². The molecular formula is C18H28N4O. The van der Waals surface area contributed by atoms with Gasteiger partial charge in [0.15, 0.2) is 0 Å². The molecule has 0 aliphatic heterocycles. The number of aromatic nitrogens is 1. The number of hydrogen-bond donors (Lipinski definition) is 2. The van der Waals surface area contributed by atoms with Crippen LogP contribution in [0.15, 0.2) is 30.0 Å². The Kier molecular flexibility index (Phi) is 7.07. The maximum Gasteiger partial charge on any atom is 0.269 e.